The summed E-state index contributed by atoms with van der Waals surface area (Å²) >= 11 is 0. The molecule has 1 fully saturated rings. The molecular weight excluding hydrogens is 260 g/mol. The highest BCUT2D eigenvalue weighted by atomic mass is 16.6. The second kappa shape index (κ2) is 5.40. The largest absolute Gasteiger partial charge is 0.337 e. The van der Waals surface area contributed by atoms with Gasteiger partial charge >= 0.3 is 0 Å². The zero-order valence-corrected chi connectivity index (χ0v) is 11.5. The number of amides is 1. The molecule has 106 valence electrons. The molecule has 2 rings (SSSR count). The molecule has 1 saturated heterocycles. The van der Waals surface area contributed by atoms with E-state index in [9.17, 15) is 19.7 Å². The van der Waals surface area contributed by atoms with Crippen LogP contribution in [-0.2, 0) is 4.79 Å². The Bertz CT molecular complexity index is 583. The molecule has 1 unspecified atom stereocenters. The number of nitrogens with zero attached hydrogens (tertiary/aromatic N) is 2. The zero-order valence-electron chi connectivity index (χ0n) is 11.5. The van der Waals surface area contributed by atoms with Gasteiger partial charge in [0.15, 0.2) is 0 Å². The maximum atomic E-state index is 12.4. The molecular formula is C14H16N2O4. The van der Waals surface area contributed by atoms with Crippen molar-refractivity contribution in [1.82, 2.24) is 4.90 Å². The molecule has 1 aliphatic heterocycles. The van der Waals surface area contributed by atoms with Crippen LogP contribution in [0.25, 0.3) is 0 Å². The molecule has 1 aromatic rings. The summed E-state index contributed by atoms with van der Waals surface area (Å²) < 4.78 is 0. The summed E-state index contributed by atoms with van der Waals surface area (Å²) in [7, 11) is 0. The molecule has 6 nitrogen and oxygen atoms in total. The molecule has 0 radical (unpaired) electrons. The third kappa shape index (κ3) is 2.68. The van der Waals surface area contributed by atoms with Gasteiger partial charge in [0.1, 0.15) is 5.78 Å². The SMILES string of the molecule is Cc1ccc([N+](=O)[O-])cc1C(=O)N1CCC(=O)C(C)C1. The van der Waals surface area contributed by atoms with Gasteiger partial charge in [0.2, 0.25) is 0 Å². The number of carbonyl (C=O) groups is 2. The molecule has 1 atom stereocenters. The number of aryl methyl sites for hydroxylation is 1. The molecule has 0 aliphatic carbocycles. The van der Waals surface area contributed by atoms with Crippen LogP contribution in [0.1, 0.15) is 29.3 Å². The van der Waals surface area contributed by atoms with E-state index in [4.69, 9.17) is 0 Å². The van der Waals surface area contributed by atoms with Gasteiger partial charge in [-0.25, -0.2) is 0 Å². The molecule has 0 aromatic heterocycles. The van der Waals surface area contributed by atoms with Crippen molar-refractivity contribution in [2.45, 2.75) is 20.3 Å². The van der Waals surface area contributed by atoms with Crippen LogP contribution in [0.4, 0.5) is 5.69 Å². The van der Waals surface area contributed by atoms with Crippen LogP contribution in [0.3, 0.4) is 0 Å². The van der Waals surface area contributed by atoms with Crippen molar-refractivity contribution < 1.29 is 14.5 Å². The summed E-state index contributed by atoms with van der Waals surface area (Å²) in [6, 6.07) is 4.26. The van der Waals surface area contributed by atoms with Crippen LogP contribution in [0.15, 0.2) is 18.2 Å². The number of non-ortho nitro benzene ring substituents is 1. The average Bonchev–Trinajstić information content (AvgIpc) is 2.41. The van der Waals surface area contributed by atoms with Gasteiger partial charge in [-0.2, -0.15) is 0 Å². The van der Waals surface area contributed by atoms with Crippen molar-refractivity contribution in [3.63, 3.8) is 0 Å². The van der Waals surface area contributed by atoms with E-state index in [0.717, 1.165) is 0 Å². The van der Waals surface area contributed by atoms with Gasteiger partial charge < -0.3 is 4.90 Å². The Morgan fingerprint density at radius 2 is 2.15 bits per heavy atom. The summed E-state index contributed by atoms with van der Waals surface area (Å²) in [6.45, 7) is 4.29. The van der Waals surface area contributed by atoms with E-state index in [2.05, 4.69) is 0 Å². The lowest BCUT2D eigenvalue weighted by molar-refractivity contribution is -0.384. The second-order valence-electron chi connectivity index (χ2n) is 5.12. The van der Waals surface area contributed by atoms with Gasteiger partial charge in [-0.15, -0.1) is 0 Å². The number of nitro benzene ring substituents is 1. The number of Topliss-reactive ketones (excluding diaryl/α,β-unsaturated/α-hetero) is 1. The monoisotopic (exact) mass is 276 g/mol. The first-order chi connectivity index (χ1) is 9.40. The van der Waals surface area contributed by atoms with Crippen molar-refractivity contribution in [3.05, 3.63) is 39.4 Å². The van der Waals surface area contributed by atoms with E-state index >= 15 is 0 Å². The van der Waals surface area contributed by atoms with Crippen molar-refractivity contribution >= 4 is 17.4 Å². The van der Waals surface area contributed by atoms with Crippen LogP contribution in [0, 0.1) is 23.0 Å². The fraction of sp³-hybridized carbons (Fsp3) is 0.429. The van der Waals surface area contributed by atoms with Crippen LogP contribution >= 0.6 is 0 Å². The quantitative estimate of drug-likeness (QED) is 0.610. The average molecular weight is 276 g/mol. The predicted octanol–water partition coefficient (Wildman–Crippen LogP) is 1.95. The first-order valence-corrected chi connectivity index (χ1v) is 6.47. The highest BCUT2D eigenvalue weighted by Crippen LogP contribution is 2.21. The number of ketones is 1. The van der Waals surface area contributed by atoms with Gasteiger partial charge in [0.05, 0.1) is 4.92 Å². The van der Waals surface area contributed by atoms with E-state index in [-0.39, 0.29) is 23.3 Å². The molecule has 1 amide bonds. The minimum Gasteiger partial charge on any atom is -0.337 e. The Balaban J connectivity index is 2.27. The third-order valence-corrected chi connectivity index (χ3v) is 3.62. The molecule has 0 saturated carbocycles. The number of nitro groups is 1. The zero-order chi connectivity index (χ0) is 14.9. The first-order valence-electron chi connectivity index (χ1n) is 6.47. The highest BCUT2D eigenvalue weighted by Gasteiger charge is 2.28. The predicted molar refractivity (Wildman–Crippen MR) is 72.5 cm³/mol. The van der Waals surface area contributed by atoms with Crippen LogP contribution < -0.4 is 0 Å². The van der Waals surface area contributed by atoms with Crippen LogP contribution in [0.2, 0.25) is 0 Å². The molecule has 1 aromatic carbocycles. The van der Waals surface area contributed by atoms with Crippen molar-refractivity contribution in [1.29, 1.82) is 0 Å². The van der Waals surface area contributed by atoms with E-state index in [1.165, 1.54) is 12.1 Å². The Labute approximate surface area is 116 Å². The summed E-state index contributed by atoms with van der Waals surface area (Å²) in [5.74, 6) is -0.262. The van der Waals surface area contributed by atoms with Crippen LogP contribution in [0.5, 0.6) is 0 Å². The van der Waals surface area contributed by atoms with E-state index in [1.54, 1.807) is 24.8 Å². The second-order valence-corrected chi connectivity index (χ2v) is 5.12. The van der Waals surface area contributed by atoms with Gasteiger partial charge in [0.25, 0.3) is 11.6 Å². The topological polar surface area (TPSA) is 80.5 Å². The Morgan fingerprint density at radius 3 is 2.75 bits per heavy atom. The molecule has 1 aliphatic rings. The number of hydrogen-bond donors (Lipinski definition) is 0. The summed E-state index contributed by atoms with van der Waals surface area (Å²) in [4.78, 5) is 35.8. The molecule has 0 spiro atoms. The number of likely N-dealkylation sites (tertiary alicyclic amines) is 1. The highest BCUT2D eigenvalue weighted by molar-refractivity contribution is 5.97. The number of carbonyl (C=O) groups excluding carboxylic acids is 2. The van der Waals surface area contributed by atoms with Crippen molar-refractivity contribution in [2.75, 3.05) is 13.1 Å². The number of rotatable bonds is 2. The standard InChI is InChI=1S/C14H16N2O4/c1-9-3-4-11(16(19)20)7-12(9)14(18)15-6-5-13(17)10(2)8-15/h3-4,7,10H,5-6,8H2,1-2H3. The lowest BCUT2D eigenvalue weighted by atomic mass is 9.97. The maximum Gasteiger partial charge on any atom is 0.270 e. The van der Waals surface area contributed by atoms with Crippen molar-refractivity contribution in [2.24, 2.45) is 5.92 Å². The van der Waals surface area contributed by atoms with E-state index < -0.39 is 4.92 Å². The maximum absolute atomic E-state index is 12.4. The molecule has 20 heavy (non-hydrogen) atoms. The lowest BCUT2D eigenvalue weighted by Gasteiger charge is -2.30. The third-order valence-electron chi connectivity index (χ3n) is 3.62. The van der Waals surface area contributed by atoms with Gasteiger partial charge in [-0.3, -0.25) is 19.7 Å². The minimum atomic E-state index is -0.515. The lowest BCUT2D eigenvalue weighted by Crippen LogP contribution is -2.43. The van der Waals surface area contributed by atoms with Gasteiger partial charge in [-0.1, -0.05) is 13.0 Å². The molecule has 0 N–H and O–H groups in total. The Morgan fingerprint density at radius 1 is 1.45 bits per heavy atom. The summed E-state index contributed by atoms with van der Waals surface area (Å²) in [5.41, 5.74) is 0.936. The van der Waals surface area contributed by atoms with Crippen molar-refractivity contribution in [3.8, 4) is 0 Å². The number of piperidine rings is 1. The normalized spacial score (nSPS) is 19.0. The number of benzene rings is 1. The van der Waals surface area contributed by atoms with Crippen LogP contribution in [-0.4, -0.2) is 34.6 Å². The summed E-state index contributed by atoms with van der Waals surface area (Å²) in [6.07, 6.45) is 0.348. The smallest absolute Gasteiger partial charge is 0.270 e. The Kier molecular flexibility index (Phi) is 3.83. The molecule has 1 heterocycles. The van der Waals surface area contributed by atoms with E-state index in [1.807, 2.05) is 0 Å². The van der Waals surface area contributed by atoms with E-state index in [0.29, 0.717) is 30.6 Å². The van der Waals surface area contributed by atoms with Gasteiger partial charge in [0, 0.05) is 43.1 Å². The molecule has 0 bridgehead atoms. The molecule has 6 heteroatoms. The summed E-state index contributed by atoms with van der Waals surface area (Å²) in [5, 5.41) is 10.8. The van der Waals surface area contributed by atoms with Gasteiger partial charge in [-0.05, 0) is 12.5 Å². The fourth-order valence-electron chi connectivity index (χ4n) is 2.32. The Hall–Kier alpha value is -2.24. The first kappa shape index (κ1) is 14.2. The fourth-order valence-corrected chi connectivity index (χ4v) is 2.32. The minimum absolute atomic E-state index is 0.0971. The number of hydrogen-bond acceptors (Lipinski definition) is 4.